The van der Waals surface area contributed by atoms with Gasteiger partial charge in [0.1, 0.15) is 11.6 Å². The van der Waals surface area contributed by atoms with Gasteiger partial charge in [-0.05, 0) is 43.7 Å². The molecule has 4 aromatic rings. The summed E-state index contributed by atoms with van der Waals surface area (Å²) in [7, 11) is 0. The van der Waals surface area contributed by atoms with E-state index >= 15 is 0 Å². The summed E-state index contributed by atoms with van der Waals surface area (Å²) in [5.41, 5.74) is 2.38. The van der Waals surface area contributed by atoms with Crippen LogP contribution in [0.25, 0.3) is 4.96 Å². The van der Waals surface area contributed by atoms with Gasteiger partial charge in [0.25, 0.3) is 0 Å². The fourth-order valence-corrected chi connectivity index (χ4v) is 5.51. The Hall–Kier alpha value is -3.10. The molecule has 1 saturated heterocycles. The first-order chi connectivity index (χ1) is 15.6. The summed E-state index contributed by atoms with van der Waals surface area (Å²) >= 11 is 1.51. The predicted octanol–water partition coefficient (Wildman–Crippen LogP) is 4.12. The van der Waals surface area contributed by atoms with Crippen molar-refractivity contribution in [3.63, 3.8) is 0 Å². The van der Waals surface area contributed by atoms with Crippen LogP contribution >= 0.6 is 11.3 Å². The lowest BCUT2D eigenvalue weighted by Crippen LogP contribution is -2.47. The van der Waals surface area contributed by atoms with Crippen LogP contribution in [-0.4, -0.2) is 57.4 Å². The zero-order valence-electron chi connectivity index (χ0n) is 18.3. The van der Waals surface area contributed by atoms with Gasteiger partial charge in [-0.25, -0.2) is 4.98 Å². The van der Waals surface area contributed by atoms with E-state index in [1.165, 1.54) is 17.0 Å². The first-order valence-electron chi connectivity index (χ1n) is 11.0. The third kappa shape index (κ3) is 3.91. The van der Waals surface area contributed by atoms with Crippen molar-refractivity contribution in [1.29, 1.82) is 0 Å². The molecule has 0 amide bonds. The van der Waals surface area contributed by atoms with Crippen molar-refractivity contribution < 1.29 is 9.84 Å². The highest BCUT2D eigenvalue weighted by molar-refractivity contribution is 7.17. The number of aromatic hydroxyl groups is 1. The quantitative estimate of drug-likeness (QED) is 0.478. The largest absolute Gasteiger partial charge is 0.494 e. The molecule has 0 spiro atoms. The lowest BCUT2D eigenvalue weighted by Gasteiger charge is -2.40. The van der Waals surface area contributed by atoms with Crippen molar-refractivity contribution in [3.05, 3.63) is 70.9 Å². The molecule has 1 N–H and O–H groups in total. The smallest absolute Gasteiger partial charge is 0.230 e. The topological polar surface area (TPSA) is 66.1 Å². The van der Waals surface area contributed by atoms with E-state index in [2.05, 4.69) is 56.3 Å². The minimum Gasteiger partial charge on any atom is -0.494 e. The Labute approximate surface area is 191 Å². The summed E-state index contributed by atoms with van der Waals surface area (Å²) in [5.74, 6) is 1.69. The maximum atomic E-state index is 11.0. The van der Waals surface area contributed by atoms with E-state index < -0.39 is 0 Å². The minimum absolute atomic E-state index is 0.0718. The number of hydrogen-bond donors (Lipinski definition) is 1. The van der Waals surface area contributed by atoms with Gasteiger partial charge in [0.2, 0.25) is 10.8 Å². The number of piperazine rings is 1. The molecule has 0 bridgehead atoms. The average Bonchev–Trinajstić information content (AvgIpc) is 3.33. The molecule has 2 aromatic carbocycles. The highest BCUT2D eigenvalue weighted by atomic mass is 32.1. The van der Waals surface area contributed by atoms with Crippen LogP contribution in [0.2, 0.25) is 0 Å². The van der Waals surface area contributed by atoms with Crippen LogP contribution in [0.5, 0.6) is 11.6 Å². The number of anilines is 1. The number of aryl methyl sites for hydroxylation is 1. The van der Waals surface area contributed by atoms with Gasteiger partial charge in [0, 0.05) is 31.9 Å². The van der Waals surface area contributed by atoms with Gasteiger partial charge in [0.15, 0.2) is 0 Å². The predicted molar refractivity (Wildman–Crippen MR) is 127 cm³/mol. The van der Waals surface area contributed by atoms with Gasteiger partial charge in [-0.2, -0.15) is 4.52 Å². The van der Waals surface area contributed by atoms with Crippen LogP contribution in [0.3, 0.4) is 0 Å². The molecular weight excluding hydrogens is 422 g/mol. The molecule has 1 aliphatic rings. The Kier molecular flexibility index (Phi) is 5.71. The van der Waals surface area contributed by atoms with Gasteiger partial charge in [-0.3, -0.25) is 4.90 Å². The molecule has 0 radical (unpaired) electrons. The maximum Gasteiger partial charge on any atom is 0.230 e. The molecule has 1 aliphatic heterocycles. The normalized spacial score (nSPS) is 15.9. The highest BCUT2D eigenvalue weighted by Crippen LogP contribution is 2.40. The summed E-state index contributed by atoms with van der Waals surface area (Å²) in [6.45, 7) is 8.09. The van der Waals surface area contributed by atoms with E-state index in [1.54, 1.807) is 4.52 Å². The molecule has 7 nitrogen and oxygen atoms in total. The highest BCUT2D eigenvalue weighted by Gasteiger charge is 2.31. The van der Waals surface area contributed by atoms with Crippen LogP contribution in [0.4, 0.5) is 5.69 Å². The van der Waals surface area contributed by atoms with Crippen LogP contribution in [0, 0.1) is 6.92 Å². The van der Waals surface area contributed by atoms with Gasteiger partial charge in [0.05, 0.1) is 17.5 Å². The van der Waals surface area contributed by atoms with Gasteiger partial charge in [-0.15, -0.1) is 5.10 Å². The van der Waals surface area contributed by atoms with Crippen LogP contribution in [-0.2, 0) is 0 Å². The monoisotopic (exact) mass is 449 g/mol. The number of hydrogen-bond acceptors (Lipinski definition) is 7. The third-order valence-corrected chi connectivity index (χ3v) is 6.93. The Morgan fingerprint density at radius 2 is 1.75 bits per heavy atom. The summed E-state index contributed by atoms with van der Waals surface area (Å²) < 4.78 is 7.19. The second-order valence-electron chi connectivity index (χ2n) is 7.91. The van der Waals surface area contributed by atoms with E-state index in [1.807, 2.05) is 32.0 Å². The van der Waals surface area contributed by atoms with Gasteiger partial charge < -0.3 is 14.7 Å². The number of rotatable bonds is 6. The van der Waals surface area contributed by atoms with Gasteiger partial charge in [-0.1, -0.05) is 41.7 Å². The summed E-state index contributed by atoms with van der Waals surface area (Å²) in [5, 5.41) is 15.4. The molecule has 3 heterocycles. The molecule has 2 aromatic heterocycles. The van der Waals surface area contributed by atoms with Crippen molar-refractivity contribution in [2.45, 2.75) is 19.9 Å². The van der Waals surface area contributed by atoms with E-state index in [-0.39, 0.29) is 11.9 Å². The van der Waals surface area contributed by atoms with Gasteiger partial charge >= 0.3 is 0 Å². The molecule has 0 saturated carbocycles. The number of fused-ring (bicyclic) bond motifs is 1. The number of benzene rings is 2. The first-order valence-corrected chi connectivity index (χ1v) is 11.8. The SMILES string of the molecule is CCOc1ccc([C@@H](c2sc3nc(C)nn3c2O)N2CCN(c3ccccc3)CC2)cc1. The summed E-state index contributed by atoms with van der Waals surface area (Å²) in [6, 6.07) is 18.7. The minimum atomic E-state index is -0.0718. The number of para-hydroxylation sites is 1. The van der Waals surface area contributed by atoms with Crippen LogP contribution < -0.4 is 9.64 Å². The second-order valence-corrected chi connectivity index (χ2v) is 8.92. The van der Waals surface area contributed by atoms with Crippen molar-refractivity contribution >= 4 is 22.0 Å². The van der Waals surface area contributed by atoms with Crippen molar-refractivity contribution in [1.82, 2.24) is 19.5 Å². The number of aromatic nitrogens is 3. The molecule has 0 aliphatic carbocycles. The molecule has 0 unspecified atom stereocenters. The lowest BCUT2D eigenvalue weighted by molar-refractivity contribution is 0.211. The van der Waals surface area contributed by atoms with E-state index in [0.29, 0.717) is 17.4 Å². The lowest BCUT2D eigenvalue weighted by atomic mass is 10.0. The fraction of sp³-hybridized carbons (Fsp3) is 0.333. The average molecular weight is 450 g/mol. The molecule has 1 fully saturated rings. The van der Waals surface area contributed by atoms with E-state index in [9.17, 15) is 5.11 Å². The Bertz CT molecular complexity index is 1180. The standard InChI is InChI=1S/C24H27N5O2S/c1-3-31-20-11-9-18(10-12-20)21(22-23(30)29-24(32-22)25-17(2)26-29)28-15-13-27(14-16-28)19-7-5-4-6-8-19/h4-12,21,30H,3,13-16H2,1-2H3/t21-/m0/s1. The number of nitrogens with zero attached hydrogens (tertiary/aromatic N) is 5. The summed E-state index contributed by atoms with van der Waals surface area (Å²) in [6.07, 6.45) is 0. The third-order valence-electron chi connectivity index (χ3n) is 5.86. The molecule has 166 valence electrons. The first kappa shape index (κ1) is 20.8. The Balaban J connectivity index is 1.47. The zero-order chi connectivity index (χ0) is 22.1. The number of thiazole rings is 1. The van der Waals surface area contributed by atoms with Crippen molar-refractivity contribution in [3.8, 4) is 11.6 Å². The van der Waals surface area contributed by atoms with Crippen LogP contribution in [0.1, 0.15) is 29.2 Å². The molecule has 5 rings (SSSR count). The van der Waals surface area contributed by atoms with Crippen molar-refractivity contribution in [2.75, 3.05) is 37.7 Å². The summed E-state index contributed by atoms with van der Waals surface area (Å²) in [4.78, 5) is 10.9. The second kappa shape index (κ2) is 8.80. The number of ether oxygens (including phenoxy) is 1. The Morgan fingerprint density at radius 3 is 2.41 bits per heavy atom. The fourth-order valence-electron chi connectivity index (χ4n) is 4.34. The zero-order valence-corrected chi connectivity index (χ0v) is 19.1. The van der Waals surface area contributed by atoms with E-state index in [0.717, 1.165) is 42.4 Å². The van der Waals surface area contributed by atoms with Crippen molar-refractivity contribution in [2.24, 2.45) is 0 Å². The van der Waals surface area contributed by atoms with Crippen LogP contribution in [0.15, 0.2) is 54.6 Å². The molecule has 8 heteroatoms. The molecular formula is C24H27N5O2S. The molecule has 32 heavy (non-hydrogen) atoms. The maximum absolute atomic E-state index is 11.0. The van der Waals surface area contributed by atoms with E-state index in [4.69, 9.17) is 4.74 Å². The Morgan fingerprint density at radius 1 is 1.03 bits per heavy atom. The molecule has 1 atom stereocenters.